The molecule has 0 atom stereocenters. The zero-order valence-electron chi connectivity index (χ0n) is 10.1. The van der Waals surface area contributed by atoms with Crippen molar-refractivity contribution >= 4 is 33.5 Å². The smallest absolute Gasteiger partial charge is 0.238 e. The second kappa shape index (κ2) is 5.66. The van der Waals surface area contributed by atoms with Crippen LogP contribution < -0.4 is 15.8 Å². The molecule has 0 radical (unpaired) electrons. The summed E-state index contributed by atoms with van der Waals surface area (Å²) in [5.41, 5.74) is 6.06. The summed E-state index contributed by atoms with van der Waals surface area (Å²) in [7, 11) is 0. The van der Waals surface area contributed by atoms with Crippen LogP contribution in [-0.4, -0.2) is 15.9 Å². The van der Waals surface area contributed by atoms with Crippen LogP contribution in [-0.2, 0) is 4.79 Å². The van der Waals surface area contributed by atoms with Crippen LogP contribution in [0.1, 0.15) is 6.92 Å². The fraction of sp³-hybridized carbons (Fsp3) is 0.0833. The van der Waals surface area contributed by atoms with Crippen molar-refractivity contribution in [2.45, 2.75) is 6.92 Å². The average Bonchev–Trinajstić information content (AvgIpc) is 2.35. The van der Waals surface area contributed by atoms with Gasteiger partial charge in [0.25, 0.3) is 0 Å². The number of hydrogen-bond acceptors (Lipinski definition) is 5. The second-order valence-electron chi connectivity index (χ2n) is 3.66. The van der Waals surface area contributed by atoms with Crippen molar-refractivity contribution in [3.8, 4) is 11.6 Å². The van der Waals surface area contributed by atoms with Crippen molar-refractivity contribution < 1.29 is 9.53 Å². The highest BCUT2D eigenvalue weighted by Crippen LogP contribution is 2.32. The van der Waals surface area contributed by atoms with Gasteiger partial charge in [0.1, 0.15) is 0 Å². The minimum Gasteiger partial charge on any atom is -0.435 e. The number of rotatable bonds is 3. The largest absolute Gasteiger partial charge is 0.435 e. The maximum atomic E-state index is 11.1. The van der Waals surface area contributed by atoms with Crippen LogP contribution in [0.15, 0.2) is 34.9 Å². The third-order valence-corrected chi connectivity index (χ3v) is 2.68. The molecule has 0 saturated heterocycles. The number of anilines is 2. The first-order valence-corrected chi connectivity index (χ1v) is 6.18. The van der Waals surface area contributed by atoms with E-state index in [1.807, 2.05) is 0 Å². The number of nitrogen functional groups attached to an aromatic ring is 1. The van der Waals surface area contributed by atoms with E-state index in [0.717, 1.165) is 0 Å². The Morgan fingerprint density at radius 3 is 2.89 bits per heavy atom. The number of nitrogens with zero attached hydrogens (tertiary/aromatic N) is 2. The maximum Gasteiger partial charge on any atom is 0.238 e. The minimum absolute atomic E-state index is 0.107. The van der Waals surface area contributed by atoms with Gasteiger partial charge in [0.15, 0.2) is 5.75 Å². The number of halogens is 1. The molecule has 1 amide bonds. The maximum absolute atomic E-state index is 11.1. The normalized spacial score (nSPS) is 10.0. The summed E-state index contributed by atoms with van der Waals surface area (Å²) >= 11 is 3.27. The number of aromatic nitrogens is 2. The summed E-state index contributed by atoms with van der Waals surface area (Å²) < 4.78 is 6.20. The van der Waals surface area contributed by atoms with Crippen molar-refractivity contribution in [1.29, 1.82) is 0 Å². The van der Waals surface area contributed by atoms with Crippen molar-refractivity contribution in [3.05, 3.63) is 34.9 Å². The molecule has 98 valence electrons. The molecule has 0 fully saturated rings. The SMILES string of the molecule is CC(=O)Nc1ccccc1Oc1nc(N)ncc1Br. The van der Waals surface area contributed by atoms with E-state index >= 15 is 0 Å². The molecule has 1 aromatic carbocycles. The first-order chi connectivity index (χ1) is 9.06. The molecule has 0 unspecified atom stereocenters. The summed E-state index contributed by atoms with van der Waals surface area (Å²) in [5.74, 6) is 0.675. The van der Waals surface area contributed by atoms with E-state index in [-0.39, 0.29) is 17.7 Å². The molecule has 6 nitrogen and oxygen atoms in total. The first-order valence-electron chi connectivity index (χ1n) is 5.39. The fourth-order valence-corrected chi connectivity index (χ4v) is 1.66. The van der Waals surface area contributed by atoms with Gasteiger partial charge in [0.05, 0.1) is 16.4 Å². The fourth-order valence-electron chi connectivity index (χ4n) is 1.39. The van der Waals surface area contributed by atoms with Crippen LogP contribution >= 0.6 is 15.9 Å². The van der Waals surface area contributed by atoms with Crippen molar-refractivity contribution in [3.63, 3.8) is 0 Å². The van der Waals surface area contributed by atoms with Crippen LogP contribution in [0.4, 0.5) is 11.6 Å². The minimum atomic E-state index is -0.183. The third kappa shape index (κ3) is 3.41. The molecule has 1 heterocycles. The molecular formula is C12H11BrN4O2. The Balaban J connectivity index is 2.32. The molecule has 2 rings (SSSR count). The molecule has 3 N–H and O–H groups in total. The Morgan fingerprint density at radius 2 is 2.16 bits per heavy atom. The predicted molar refractivity (Wildman–Crippen MR) is 75.0 cm³/mol. The molecule has 0 spiro atoms. The molecule has 0 saturated carbocycles. The molecule has 19 heavy (non-hydrogen) atoms. The predicted octanol–water partition coefficient (Wildman–Crippen LogP) is 2.57. The highest BCUT2D eigenvalue weighted by atomic mass is 79.9. The van der Waals surface area contributed by atoms with E-state index in [9.17, 15) is 4.79 Å². The molecule has 0 aliphatic carbocycles. The van der Waals surface area contributed by atoms with Gasteiger partial charge in [-0.05, 0) is 28.1 Å². The van der Waals surface area contributed by atoms with Crippen molar-refractivity contribution in [1.82, 2.24) is 9.97 Å². The molecular weight excluding hydrogens is 312 g/mol. The summed E-state index contributed by atoms with van der Waals surface area (Å²) in [6, 6.07) is 7.03. The Bertz CT molecular complexity index is 618. The number of nitrogens with one attached hydrogen (secondary N) is 1. The quantitative estimate of drug-likeness (QED) is 0.906. The van der Waals surface area contributed by atoms with E-state index in [0.29, 0.717) is 15.9 Å². The lowest BCUT2D eigenvalue weighted by atomic mass is 10.3. The molecule has 0 aliphatic heterocycles. The number of carbonyl (C=O) groups excluding carboxylic acids is 1. The molecule has 0 aliphatic rings. The van der Waals surface area contributed by atoms with Gasteiger partial charge in [-0.1, -0.05) is 12.1 Å². The molecule has 1 aromatic heterocycles. The van der Waals surface area contributed by atoms with Crippen LogP contribution in [0.25, 0.3) is 0 Å². The lowest BCUT2D eigenvalue weighted by molar-refractivity contribution is -0.114. The summed E-state index contributed by atoms with van der Waals surface area (Å²) in [6.45, 7) is 1.43. The summed E-state index contributed by atoms with van der Waals surface area (Å²) in [6.07, 6.45) is 1.50. The summed E-state index contributed by atoms with van der Waals surface area (Å²) in [4.78, 5) is 18.9. The van der Waals surface area contributed by atoms with Crippen LogP contribution in [0.3, 0.4) is 0 Å². The lowest BCUT2D eigenvalue weighted by Gasteiger charge is -2.11. The number of ether oxygens (including phenoxy) is 1. The van der Waals surface area contributed by atoms with Gasteiger partial charge in [-0.3, -0.25) is 4.79 Å². The van der Waals surface area contributed by atoms with Gasteiger partial charge in [-0.2, -0.15) is 4.98 Å². The average molecular weight is 323 g/mol. The number of benzene rings is 1. The van der Waals surface area contributed by atoms with Crippen LogP contribution in [0.5, 0.6) is 11.6 Å². The second-order valence-corrected chi connectivity index (χ2v) is 4.52. The number of carbonyl (C=O) groups is 1. The number of amides is 1. The molecule has 0 bridgehead atoms. The van der Waals surface area contributed by atoms with Crippen LogP contribution in [0, 0.1) is 0 Å². The van der Waals surface area contributed by atoms with Gasteiger partial charge in [-0.15, -0.1) is 0 Å². The Hall–Kier alpha value is -2.15. The Kier molecular flexibility index (Phi) is 3.96. The van der Waals surface area contributed by atoms with E-state index < -0.39 is 0 Å². The van der Waals surface area contributed by atoms with E-state index in [1.165, 1.54) is 13.1 Å². The van der Waals surface area contributed by atoms with Crippen LogP contribution in [0.2, 0.25) is 0 Å². The van der Waals surface area contributed by atoms with E-state index in [2.05, 4.69) is 31.2 Å². The summed E-state index contributed by atoms with van der Waals surface area (Å²) in [5, 5.41) is 2.67. The topological polar surface area (TPSA) is 90.1 Å². The third-order valence-electron chi connectivity index (χ3n) is 2.13. The highest BCUT2D eigenvalue weighted by Gasteiger charge is 2.10. The van der Waals surface area contributed by atoms with Gasteiger partial charge in [-0.25, -0.2) is 4.98 Å². The number of nitrogens with two attached hydrogens (primary N) is 1. The van der Waals surface area contributed by atoms with Gasteiger partial charge in [0.2, 0.25) is 17.7 Å². The zero-order chi connectivity index (χ0) is 13.8. The Morgan fingerprint density at radius 1 is 1.42 bits per heavy atom. The van der Waals surface area contributed by atoms with Crippen molar-refractivity contribution in [2.75, 3.05) is 11.1 Å². The van der Waals surface area contributed by atoms with E-state index in [4.69, 9.17) is 10.5 Å². The molecule has 2 aromatic rings. The molecule has 7 heteroatoms. The zero-order valence-corrected chi connectivity index (χ0v) is 11.6. The highest BCUT2D eigenvalue weighted by molar-refractivity contribution is 9.10. The van der Waals surface area contributed by atoms with Crippen molar-refractivity contribution in [2.24, 2.45) is 0 Å². The lowest BCUT2D eigenvalue weighted by Crippen LogP contribution is -2.07. The Labute approximate surface area is 118 Å². The monoisotopic (exact) mass is 322 g/mol. The number of para-hydroxylation sites is 2. The van der Waals surface area contributed by atoms with Gasteiger partial charge < -0.3 is 15.8 Å². The van der Waals surface area contributed by atoms with Gasteiger partial charge >= 0.3 is 0 Å². The van der Waals surface area contributed by atoms with Gasteiger partial charge in [0, 0.05) is 6.92 Å². The first kappa shape index (κ1) is 13.3. The van der Waals surface area contributed by atoms with E-state index in [1.54, 1.807) is 24.3 Å². The standard InChI is InChI=1S/C12H11BrN4O2/c1-7(18)16-9-4-2-3-5-10(9)19-11-8(13)6-15-12(14)17-11/h2-6H,1H3,(H,16,18)(H2,14,15,17). The number of hydrogen-bond donors (Lipinski definition) is 2.